The molecule has 1 aromatic heterocycles. The van der Waals surface area contributed by atoms with Crippen molar-refractivity contribution in [3.8, 4) is 0 Å². The summed E-state index contributed by atoms with van der Waals surface area (Å²) in [7, 11) is 0. The zero-order chi connectivity index (χ0) is 11.3. The molecule has 1 rings (SSSR count). The molecule has 1 amide bonds. The van der Waals surface area contributed by atoms with Gasteiger partial charge in [-0.1, -0.05) is 6.08 Å². The first-order chi connectivity index (χ1) is 7.11. The topological polar surface area (TPSA) is 72.9 Å². The molecule has 0 radical (unpaired) electrons. The third kappa shape index (κ3) is 3.84. The SMILES string of the molecule is C=CCC(C)NC(=O)Cn1ccc(N)n1. The predicted molar refractivity (Wildman–Crippen MR) is 59.1 cm³/mol. The van der Waals surface area contributed by atoms with E-state index < -0.39 is 0 Å². The smallest absolute Gasteiger partial charge is 0.241 e. The number of carbonyl (C=O) groups is 1. The van der Waals surface area contributed by atoms with Crippen LogP contribution in [-0.4, -0.2) is 21.7 Å². The fraction of sp³-hybridized carbons (Fsp3) is 0.400. The number of nitrogens with one attached hydrogen (secondary N) is 1. The largest absolute Gasteiger partial charge is 0.382 e. The number of aromatic nitrogens is 2. The van der Waals surface area contributed by atoms with Gasteiger partial charge in [0.25, 0.3) is 0 Å². The molecule has 0 aromatic carbocycles. The van der Waals surface area contributed by atoms with E-state index in [2.05, 4.69) is 17.0 Å². The molecule has 0 aliphatic heterocycles. The molecule has 0 aliphatic rings. The lowest BCUT2D eigenvalue weighted by molar-refractivity contribution is -0.122. The number of carbonyl (C=O) groups excluding carboxylic acids is 1. The van der Waals surface area contributed by atoms with E-state index in [4.69, 9.17) is 5.73 Å². The van der Waals surface area contributed by atoms with E-state index in [1.165, 1.54) is 4.68 Å². The molecule has 1 atom stereocenters. The molecule has 0 bridgehead atoms. The summed E-state index contributed by atoms with van der Waals surface area (Å²) in [4.78, 5) is 11.5. The van der Waals surface area contributed by atoms with Crippen molar-refractivity contribution in [3.63, 3.8) is 0 Å². The maximum Gasteiger partial charge on any atom is 0.241 e. The second-order valence-electron chi connectivity index (χ2n) is 3.43. The highest BCUT2D eigenvalue weighted by Gasteiger charge is 2.06. The van der Waals surface area contributed by atoms with Gasteiger partial charge >= 0.3 is 0 Å². The van der Waals surface area contributed by atoms with E-state index in [9.17, 15) is 4.79 Å². The van der Waals surface area contributed by atoms with Crippen molar-refractivity contribution in [2.24, 2.45) is 0 Å². The first-order valence-electron chi connectivity index (χ1n) is 4.81. The molecule has 0 spiro atoms. The van der Waals surface area contributed by atoms with E-state index in [0.717, 1.165) is 6.42 Å². The van der Waals surface area contributed by atoms with Gasteiger partial charge in [0.05, 0.1) is 0 Å². The van der Waals surface area contributed by atoms with E-state index in [0.29, 0.717) is 5.82 Å². The Morgan fingerprint density at radius 3 is 3.13 bits per heavy atom. The summed E-state index contributed by atoms with van der Waals surface area (Å²) in [5.74, 6) is 0.342. The van der Waals surface area contributed by atoms with Crippen LogP contribution in [0.4, 0.5) is 5.82 Å². The lowest BCUT2D eigenvalue weighted by Crippen LogP contribution is -2.34. The summed E-state index contributed by atoms with van der Waals surface area (Å²) < 4.78 is 1.51. The highest BCUT2D eigenvalue weighted by atomic mass is 16.2. The number of nitrogens with two attached hydrogens (primary N) is 1. The summed E-state index contributed by atoms with van der Waals surface area (Å²) in [6.07, 6.45) is 4.21. The van der Waals surface area contributed by atoms with Gasteiger partial charge in [-0.3, -0.25) is 9.48 Å². The van der Waals surface area contributed by atoms with Gasteiger partial charge < -0.3 is 11.1 Å². The van der Waals surface area contributed by atoms with Crippen LogP contribution in [0.3, 0.4) is 0 Å². The Labute approximate surface area is 89.0 Å². The van der Waals surface area contributed by atoms with Crippen LogP contribution in [-0.2, 0) is 11.3 Å². The van der Waals surface area contributed by atoms with Crippen molar-refractivity contribution in [1.29, 1.82) is 0 Å². The Bertz CT molecular complexity index is 345. The molecule has 1 heterocycles. The minimum atomic E-state index is -0.0764. The summed E-state index contributed by atoms with van der Waals surface area (Å²) >= 11 is 0. The van der Waals surface area contributed by atoms with Crippen molar-refractivity contribution in [2.45, 2.75) is 25.9 Å². The highest BCUT2D eigenvalue weighted by Crippen LogP contribution is 1.96. The van der Waals surface area contributed by atoms with Crippen LogP contribution in [0.5, 0.6) is 0 Å². The number of anilines is 1. The highest BCUT2D eigenvalue weighted by molar-refractivity contribution is 5.75. The van der Waals surface area contributed by atoms with Gasteiger partial charge in [-0.15, -0.1) is 6.58 Å². The molecule has 5 nitrogen and oxygen atoms in total. The van der Waals surface area contributed by atoms with Crippen molar-refractivity contribution < 1.29 is 4.79 Å². The van der Waals surface area contributed by atoms with Crippen LogP contribution in [0.25, 0.3) is 0 Å². The number of amides is 1. The Morgan fingerprint density at radius 1 is 1.87 bits per heavy atom. The standard InChI is InChI=1S/C10H16N4O/c1-3-4-8(2)12-10(15)7-14-6-5-9(11)13-14/h3,5-6,8H,1,4,7H2,2H3,(H2,11,13)(H,12,15). The van der Waals surface area contributed by atoms with Crippen molar-refractivity contribution in [3.05, 3.63) is 24.9 Å². The second-order valence-corrected chi connectivity index (χ2v) is 3.43. The quantitative estimate of drug-likeness (QED) is 0.694. The lowest BCUT2D eigenvalue weighted by Gasteiger charge is -2.11. The number of hydrogen-bond donors (Lipinski definition) is 2. The molecule has 0 saturated heterocycles. The zero-order valence-corrected chi connectivity index (χ0v) is 8.81. The Kier molecular flexibility index (Phi) is 3.91. The monoisotopic (exact) mass is 208 g/mol. The zero-order valence-electron chi connectivity index (χ0n) is 8.81. The third-order valence-corrected chi connectivity index (χ3v) is 1.89. The lowest BCUT2D eigenvalue weighted by atomic mass is 10.2. The van der Waals surface area contributed by atoms with Gasteiger partial charge in [0.15, 0.2) is 0 Å². The van der Waals surface area contributed by atoms with Crippen LogP contribution in [0, 0.1) is 0 Å². The van der Waals surface area contributed by atoms with Gasteiger partial charge in [0.1, 0.15) is 12.4 Å². The maximum atomic E-state index is 11.5. The molecule has 0 aliphatic carbocycles. The molecule has 0 saturated carbocycles. The van der Waals surface area contributed by atoms with Crippen molar-refractivity contribution in [2.75, 3.05) is 5.73 Å². The minimum Gasteiger partial charge on any atom is -0.382 e. The molecular formula is C10H16N4O. The fourth-order valence-electron chi connectivity index (χ4n) is 1.24. The van der Waals surface area contributed by atoms with Gasteiger partial charge in [-0.25, -0.2) is 0 Å². The number of hydrogen-bond acceptors (Lipinski definition) is 3. The Morgan fingerprint density at radius 2 is 2.60 bits per heavy atom. The van der Waals surface area contributed by atoms with E-state index in [-0.39, 0.29) is 18.5 Å². The van der Waals surface area contributed by atoms with Gasteiger partial charge in [0.2, 0.25) is 5.91 Å². The van der Waals surface area contributed by atoms with Gasteiger partial charge in [-0.2, -0.15) is 5.10 Å². The van der Waals surface area contributed by atoms with Crippen LogP contribution in [0.15, 0.2) is 24.9 Å². The van der Waals surface area contributed by atoms with E-state index in [1.807, 2.05) is 6.92 Å². The molecule has 82 valence electrons. The van der Waals surface area contributed by atoms with Gasteiger partial charge in [0, 0.05) is 12.2 Å². The summed E-state index contributed by atoms with van der Waals surface area (Å²) in [5, 5.41) is 6.74. The normalized spacial score (nSPS) is 12.1. The van der Waals surface area contributed by atoms with Crippen LogP contribution in [0.1, 0.15) is 13.3 Å². The average molecular weight is 208 g/mol. The molecule has 0 fully saturated rings. The first-order valence-corrected chi connectivity index (χ1v) is 4.81. The minimum absolute atomic E-state index is 0.0764. The molecular weight excluding hydrogens is 192 g/mol. The fourth-order valence-corrected chi connectivity index (χ4v) is 1.24. The Hall–Kier alpha value is -1.78. The van der Waals surface area contributed by atoms with Crippen molar-refractivity contribution >= 4 is 11.7 Å². The van der Waals surface area contributed by atoms with E-state index >= 15 is 0 Å². The van der Waals surface area contributed by atoms with Crippen LogP contribution in [0.2, 0.25) is 0 Å². The first kappa shape index (κ1) is 11.3. The second kappa shape index (κ2) is 5.19. The molecule has 5 heteroatoms. The predicted octanol–water partition coefficient (Wildman–Crippen LogP) is 0.546. The summed E-state index contributed by atoms with van der Waals surface area (Å²) in [5.41, 5.74) is 5.43. The molecule has 1 unspecified atom stereocenters. The number of rotatable bonds is 5. The number of nitrogen functional groups attached to an aromatic ring is 1. The van der Waals surface area contributed by atoms with Crippen LogP contribution >= 0.6 is 0 Å². The molecule has 1 aromatic rings. The Balaban J connectivity index is 2.39. The molecule has 15 heavy (non-hydrogen) atoms. The van der Waals surface area contributed by atoms with E-state index in [1.54, 1.807) is 18.3 Å². The summed E-state index contributed by atoms with van der Waals surface area (Å²) in [6.45, 7) is 5.73. The maximum absolute atomic E-state index is 11.5. The average Bonchev–Trinajstić information content (AvgIpc) is 2.51. The van der Waals surface area contributed by atoms with Crippen LogP contribution < -0.4 is 11.1 Å². The molecule has 3 N–H and O–H groups in total. The third-order valence-electron chi connectivity index (χ3n) is 1.89. The summed E-state index contributed by atoms with van der Waals surface area (Å²) in [6, 6.07) is 1.75. The van der Waals surface area contributed by atoms with Gasteiger partial charge in [-0.05, 0) is 19.4 Å². The van der Waals surface area contributed by atoms with Crippen molar-refractivity contribution in [1.82, 2.24) is 15.1 Å². The number of nitrogens with zero attached hydrogens (tertiary/aromatic N) is 2.